The van der Waals surface area contributed by atoms with E-state index in [-0.39, 0.29) is 5.56 Å². The Kier molecular flexibility index (Phi) is 5.75. The zero-order chi connectivity index (χ0) is 15.1. The second-order valence-electron chi connectivity index (χ2n) is 5.14. The summed E-state index contributed by atoms with van der Waals surface area (Å²) in [5.41, 5.74) is 0.147. The van der Waals surface area contributed by atoms with Gasteiger partial charge in [-0.25, -0.2) is 4.79 Å². The second-order valence-corrected chi connectivity index (χ2v) is 5.14. The Labute approximate surface area is 123 Å². The molecule has 0 aliphatic heterocycles. The van der Waals surface area contributed by atoms with E-state index in [1.807, 2.05) is 0 Å². The molecule has 0 saturated heterocycles. The fourth-order valence-electron chi connectivity index (χ4n) is 2.43. The minimum Gasteiger partial charge on any atom is -0.491 e. The van der Waals surface area contributed by atoms with Gasteiger partial charge in [-0.2, -0.15) is 0 Å². The third-order valence-corrected chi connectivity index (χ3v) is 3.57. The fourth-order valence-corrected chi connectivity index (χ4v) is 2.43. The summed E-state index contributed by atoms with van der Waals surface area (Å²) >= 11 is 0. The van der Waals surface area contributed by atoms with E-state index in [4.69, 9.17) is 14.6 Å². The number of rotatable bonds is 7. The average Bonchev–Trinajstić information content (AvgIpc) is 2.52. The van der Waals surface area contributed by atoms with Gasteiger partial charge in [-0.1, -0.05) is 19.3 Å². The minimum absolute atomic E-state index is 0.147. The number of hydrogen-bond acceptors (Lipinski definition) is 4. The van der Waals surface area contributed by atoms with Gasteiger partial charge in [0.2, 0.25) is 0 Å². The first kappa shape index (κ1) is 15.5. The first-order valence-electron chi connectivity index (χ1n) is 7.29. The summed E-state index contributed by atoms with van der Waals surface area (Å²) in [6.07, 6.45) is 6.41. The number of carboxylic acids is 1. The monoisotopic (exact) mass is 292 g/mol. The van der Waals surface area contributed by atoms with Crippen molar-refractivity contribution in [1.29, 1.82) is 0 Å². The number of carbonyl (C=O) groups excluding carboxylic acids is 1. The van der Waals surface area contributed by atoms with Gasteiger partial charge < -0.3 is 14.6 Å². The molecule has 1 aromatic rings. The van der Waals surface area contributed by atoms with Crippen molar-refractivity contribution >= 4 is 11.8 Å². The van der Waals surface area contributed by atoms with Gasteiger partial charge in [-0.05, 0) is 37.1 Å². The molecule has 0 unspecified atom stereocenters. The lowest BCUT2D eigenvalue weighted by molar-refractivity contribution is -0.131. The first-order chi connectivity index (χ1) is 10.2. The summed E-state index contributed by atoms with van der Waals surface area (Å²) in [4.78, 5) is 21.8. The second kappa shape index (κ2) is 7.78. The average molecular weight is 292 g/mol. The summed E-state index contributed by atoms with van der Waals surface area (Å²) in [7, 11) is 0. The van der Waals surface area contributed by atoms with Gasteiger partial charge >= 0.3 is 5.97 Å². The molecule has 5 nitrogen and oxygen atoms in total. The van der Waals surface area contributed by atoms with Crippen LogP contribution in [0, 0.1) is 0 Å². The maximum absolute atomic E-state index is 11.2. The zero-order valence-corrected chi connectivity index (χ0v) is 11.9. The highest BCUT2D eigenvalue weighted by atomic mass is 16.5. The van der Waals surface area contributed by atoms with Crippen LogP contribution in [0.3, 0.4) is 0 Å². The van der Waals surface area contributed by atoms with Crippen molar-refractivity contribution in [1.82, 2.24) is 0 Å². The van der Waals surface area contributed by atoms with Gasteiger partial charge in [-0.3, -0.25) is 4.79 Å². The lowest BCUT2D eigenvalue weighted by Crippen LogP contribution is -2.19. The molecule has 0 bridgehead atoms. The summed E-state index contributed by atoms with van der Waals surface area (Å²) in [5.74, 6) is -1.77. The van der Waals surface area contributed by atoms with E-state index in [1.54, 1.807) is 12.1 Å². The highest BCUT2D eigenvalue weighted by Crippen LogP contribution is 2.20. The Balaban J connectivity index is 1.71. The van der Waals surface area contributed by atoms with Gasteiger partial charge in [0, 0.05) is 5.56 Å². The topological polar surface area (TPSA) is 72.8 Å². The molecule has 0 aromatic heterocycles. The maximum Gasteiger partial charge on any atom is 0.377 e. The summed E-state index contributed by atoms with van der Waals surface area (Å²) in [6.45, 7) is 0.989. The number of ether oxygens (including phenoxy) is 2. The molecule has 1 aliphatic rings. The van der Waals surface area contributed by atoms with Crippen LogP contribution in [0.4, 0.5) is 0 Å². The van der Waals surface area contributed by atoms with Crippen molar-refractivity contribution in [2.45, 2.75) is 38.2 Å². The van der Waals surface area contributed by atoms with Crippen LogP contribution in [-0.4, -0.2) is 36.2 Å². The van der Waals surface area contributed by atoms with Crippen LogP contribution in [0.15, 0.2) is 24.3 Å². The smallest absolute Gasteiger partial charge is 0.377 e. The largest absolute Gasteiger partial charge is 0.491 e. The number of hydrogen-bond donors (Lipinski definition) is 1. The molecule has 0 spiro atoms. The predicted molar refractivity (Wildman–Crippen MR) is 76.7 cm³/mol. The van der Waals surface area contributed by atoms with Crippen molar-refractivity contribution in [3.05, 3.63) is 29.8 Å². The number of carbonyl (C=O) groups is 2. The molecule has 1 aromatic carbocycles. The third-order valence-electron chi connectivity index (χ3n) is 3.57. The molecule has 1 fully saturated rings. The van der Waals surface area contributed by atoms with Gasteiger partial charge in [0.15, 0.2) is 0 Å². The quantitative estimate of drug-likeness (QED) is 0.475. The molecule has 0 atom stereocenters. The van der Waals surface area contributed by atoms with Crippen LogP contribution in [0.5, 0.6) is 5.75 Å². The zero-order valence-electron chi connectivity index (χ0n) is 11.9. The van der Waals surface area contributed by atoms with E-state index >= 15 is 0 Å². The summed E-state index contributed by atoms with van der Waals surface area (Å²) in [6, 6.07) is 6.09. The Bertz CT molecular complexity index is 474. The maximum atomic E-state index is 11.2. The first-order valence-corrected chi connectivity index (χ1v) is 7.29. The normalized spacial score (nSPS) is 15.6. The molecule has 1 N–H and O–H groups in total. The molecular formula is C16H20O5. The molecule has 114 valence electrons. The molecule has 1 aliphatic carbocycles. The van der Waals surface area contributed by atoms with Crippen LogP contribution in [0.2, 0.25) is 0 Å². The highest BCUT2D eigenvalue weighted by molar-refractivity contribution is 6.39. The third kappa shape index (κ3) is 4.86. The number of carboxylic acid groups (broad SMARTS) is 1. The van der Waals surface area contributed by atoms with E-state index < -0.39 is 11.8 Å². The van der Waals surface area contributed by atoms with Crippen LogP contribution >= 0.6 is 0 Å². The Morgan fingerprint density at radius 3 is 2.33 bits per heavy atom. The van der Waals surface area contributed by atoms with E-state index in [1.165, 1.54) is 31.4 Å². The standard InChI is InChI=1S/C16H20O5/c17-15(16(18)19)12-6-8-14(9-7-12)21-11-10-20-13-4-2-1-3-5-13/h6-9,13H,1-5,10-11H2,(H,18,19). The van der Waals surface area contributed by atoms with Crippen LogP contribution in [0.25, 0.3) is 0 Å². The van der Waals surface area contributed by atoms with Crippen molar-refractivity contribution in [2.75, 3.05) is 13.2 Å². The summed E-state index contributed by atoms with van der Waals surface area (Å²) < 4.78 is 11.2. The number of ketones is 1. The molecule has 5 heteroatoms. The Morgan fingerprint density at radius 1 is 1.05 bits per heavy atom. The van der Waals surface area contributed by atoms with Crippen LogP contribution in [-0.2, 0) is 9.53 Å². The van der Waals surface area contributed by atoms with Crippen molar-refractivity contribution in [3.63, 3.8) is 0 Å². The van der Waals surface area contributed by atoms with Crippen molar-refractivity contribution in [3.8, 4) is 5.75 Å². The molecule has 1 saturated carbocycles. The highest BCUT2D eigenvalue weighted by Gasteiger charge is 2.14. The molecule has 0 heterocycles. The number of Topliss-reactive ketones (excluding diaryl/α,β-unsaturated/α-hetero) is 1. The van der Waals surface area contributed by atoms with Gasteiger partial charge in [-0.15, -0.1) is 0 Å². The molecular weight excluding hydrogens is 272 g/mol. The van der Waals surface area contributed by atoms with Crippen LogP contribution < -0.4 is 4.74 Å². The molecule has 2 rings (SSSR count). The van der Waals surface area contributed by atoms with Crippen molar-refractivity contribution in [2.24, 2.45) is 0 Å². The predicted octanol–water partition coefficient (Wildman–Crippen LogP) is 2.68. The molecule has 0 amide bonds. The van der Waals surface area contributed by atoms with E-state index in [9.17, 15) is 9.59 Å². The van der Waals surface area contributed by atoms with E-state index in [2.05, 4.69) is 0 Å². The minimum atomic E-state index is -1.45. The summed E-state index contributed by atoms with van der Waals surface area (Å²) in [5, 5.41) is 8.60. The van der Waals surface area contributed by atoms with Gasteiger partial charge in [0.1, 0.15) is 12.4 Å². The lowest BCUT2D eigenvalue weighted by Gasteiger charge is -2.21. The number of aliphatic carboxylic acids is 1. The van der Waals surface area contributed by atoms with Gasteiger partial charge in [0.05, 0.1) is 12.7 Å². The van der Waals surface area contributed by atoms with Crippen LogP contribution in [0.1, 0.15) is 42.5 Å². The van der Waals surface area contributed by atoms with Gasteiger partial charge in [0.25, 0.3) is 5.78 Å². The van der Waals surface area contributed by atoms with E-state index in [0.717, 1.165) is 12.8 Å². The number of benzene rings is 1. The SMILES string of the molecule is O=C(O)C(=O)c1ccc(OCCOC2CCCCC2)cc1. The van der Waals surface area contributed by atoms with E-state index in [0.29, 0.717) is 25.1 Å². The molecule has 21 heavy (non-hydrogen) atoms. The van der Waals surface area contributed by atoms with Crippen molar-refractivity contribution < 1.29 is 24.2 Å². The Morgan fingerprint density at radius 2 is 1.71 bits per heavy atom. The fraction of sp³-hybridized carbons (Fsp3) is 0.500. The lowest BCUT2D eigenvalue weighted by atomic mass is 9.98. The molecule has 0 radical (unpaired) electrons. The Hall–Kier alpha value is -1.88.